The van der Waals surface area contributed by atoms with E-state index in [2.05, 4.69) is 20.8 Å². The first-order valence-corrected chi connectivity index (χ1v) is 3.91. The van der Waals surface area contributed by atoms with Crippen molar-refractivity contribution in [3.05, 3.63) is 0 Å². The second-order valence-corrected chi connectivity index (χ2v) is 3.97. The monoisotopic (exact) mass is 156 g/mol. The van der Waals surface area contributed by atoms with Crippen molar-refractivity contribution in [2.45, 2.75) is 40.0 Å². The van der Waals surface area contributed by atoms with Crippen LogP contribution in [0.2, 0.25) is 0 Å². The van der Waals surface area contributed by atoms with Crippen molar-refractivity contribution in [1.82, 2.24) is 0 Å². The van der Waals surface area contributed by atoms with Gasteiger partial charge < -0.3 is 4.79 Å². The number of rotatable bonds is 4. The van der Waals surface area contributed by atoms with Crippen LogP contribution in [0.1, 0.15) is 40.0 Å². The quantitative estimate of drug-likeness (QED) is 0.460. The Morgan fingerprint density at radius 3 is 2.27 bits per heavy atom. The third-order valence-corrected chi connectivity index (χ3v) is 1.46. The molecule has 0 aromatic heterocycles. The number of ketones is 1. The largest absolute Gasteiger partial charge is 0.303 e. The Kier molecular flexibility index (Phi) is 4.01. The van der Waals surface area contributed by atoms with E-state index in [0.29, 0.717) is 12.7 Å². The van der Waals surface area contributed by atoms with Crippen LogP contribution in [0.25, 0.3) is 0 Å². The molecular formula is C9H16O2. The zero-order valence-electron chi connectivity index (χ0n) is 7.52. The van der Waals surface area contributed by atoms with Gasteiger partial charge in [-0.1, -0.05) is 20.8 Å². The number of aldehydes is 1. The molecule has 0 aliphatic rings. The van der Waals surface area contributed by atoms with Crippen molar-refractivity contribution in [3.8, 4) is 0 Å². The maximum atomic E-state index is 10.9. The van der Waals surface area contributed by atoms with E-state index in [1.54, 1.807) is 0 Å². The molecule has 2 heteroatoms. The lowest BCUT2D eigenvalue weighted by Crippen LogP contribution is -2.08. The summed E-state index contributed by atoms with van der Waals surface area (Å²) in [6.07, 6.45) is 2.14. The van der Waals surface area contributed by atoms with Crippen LogP contribution >= 0.6 is 0 Å². The minimum Gasteiger partial charge on any atom is -0.303 e. The Morgan fingerprint density at radius 1 is 1.36 bits per heavy atom. The minimum absolute atomic E-state index is 0.0509. The second kappa shape index (κ2) is 4.27. The molecule has 0 aliphatic heterocycles. The van der Waals surface area contributed by atoms with E-state index in [-0.39, 0.29) is 17.6 Å². The molecule has 0 atom stereocenters. The molecule has 0 saturated carbocycles. The molecule has 0 aromatic carbocycles. The smallest absolute Gasteiger partial charge is 0.139 e. The van der Waals surface area contributed by atoms with E-state index in [0.717, 1.165) is 6.42 Å². The topological polar surface area (TPSA) is 34.1 Å². The van der Waals surface area contributed by atoms with Gasteiger partial charge in [-0.25, -0.2) is 0 Å². The van der Waals surface area contributed by atoms with Gasteiger partial charge in [-0.15, -0.1) is 0 Å². The molecule has 0 aromatic rings. The third kappa shape index (κ3) is 7.23. The molecular weight excluding hydrogens is 140 g/mol. The Balaban J connectivity index is 3.54. The van der Waals surface area contributed by atoms with Gasteiger partial charge in [0.05, 0.1) is 6.42 Å². The van der Waals surface area contributed by atoms with Gasteiger partial charge in [0.1, 0.15) is 12.1 Å². The zero-order valence-corrected chi connectivity index (χ0v) is 7.52. The van der Waals surface area contributed by atoms with Gasteiger partial charge in [0.2, 0.25) is 0 Å². The predicted molar refractivity (Wildman–Crippen MR) is 44.4 cm³/mol. The lowest BCUT2D eigenvalue weighted by atomic mass is 9.89. The lowest BCUT2D eigenvalue weighted by Gasteiger charge is -2.16. The summed E-state index contributed by atoms with van der Waals surface area (Å²) in [7, 11) is 0. The average Bonchev–Trinajstić information content (AvgIpc) is 1.83. The first-order chi connectivity index (χ1) is 4.95. The van der Waals surface area contributed by atoms with Gasteiger partial charge in [-0.3, -0.25) is 4.79 Å². The van der Waals surface area contributed by atoms with Crippen LogP contribution in [0, 0.1) is 5.41 Å². The van der Waals surface area contributed by atoms with E-state index < -0.39 is 0 Å². The van der Waals surface area contributed by atoms with Crippen LogP contribution < -0.4 is 0 Å². The van der Waals surface area contributed by atoms with Crippen LogP contribution in [0.5, 0.6) is 0 Å². The van der Waals surface area contributed by atoms with Crippen molar-refractivity contribution in [2.75, 3.05) is 0 Å². The van der Waals surface area contributed by atoms with Crippen LogP contribution in [0.3, 0.4) is 0 Å². The fraction of sp³-hybridized carbons (Fsp3) is 0.778. The molecule has 0 saturated heterocycles. The number of Topliss-reactive ketones (excluding diaryl/α,β-unsaturated/α-hetero) is 1. The molecule has 0 radical (unpaired) electrons. The highest BCUT2D eigenvalue weighted by Gasteiger charge is 2.12. The van der Waals surface area contributed by atoms with Gasteiger partial charge in [-0.05, 0) is 11.8 Å². The maximum absolute atomic E-state index is 10.9. The van der Waals surface area contributed by atoms with Crippen molar-refractivity contribution in [1.29, 1.82) is 0 Å². The Hall–Kier alpha value is -0.660. The normalized spacial score (nSPS) is 11.2. The summed E-state index contributed by atoms with van der Waals surface area (Å²) in [4.78, 5) is 20.8. The number of hydrogen-bond donors (Lipinski definition) is 0. The third-order valence-electron chi connectivity index (χ3n) is 1.46. The minimum atomic E-state index is 0.0509. The Bertz CT molecular complexity index is 142. The fourth-order valence-corrected chi connectivity index (χ4v) is 0.709. The van der Waals surface area contributed by atoms with Gasteiger partial charge in [-0.2, -0.15) is 0 Å². The molecule has 64 valence electrons. The van der Waals surface area contributed by atoms with Crippen molar-refractivity contribution in [2.24, 2.45) is 5.41 Å². The van der Waals surface area contributed by atoms with E-state index in [9.17, 15) is 9.59 Å². The molecule has 0 amide bonds. The zero-order chi connectivity index (χ0) is 8.91. The molecule has 0 rings (SSSR count). The van der Waals surface area contributed by atoms with E-state index in [1.807, 2.05) is 0 Å². The van der Waals surface area contributed by atoms with Crippen LogP contribution in [-0.2, 0) is 9.59 Å². The second-order valence-electron chi connectivity index (χ2n) is 3.97. The highest BCUT2D eigenvalue weighted by Crippen LogP contribution is 2.20. The Labute approximate surface area is 68.0 Å². The summed E-state index contributed by atoms with van der Waals surface area (Å²) in [5, 5.41) is 0. The molecule has 2 nitrogen and oxygen atoms in total. The van der Waals surface area contributed by atoms with Gasteiger partial charge in [0.25, 0.3) is 0 Å². The number of carbonyl (C=O) groups excluding carboxylic acids is 2. The van der Waals surface area contributed by atoms with Crippen molar-refractivity contribution >= 4 is 12.1 Å². The fourth-order valence-electron chi connectivity index (χ4n) is 0.709. The molecule has 0 unspecified atom stereocenters. The highest BCUT2D eigenvalue weighted by molar-refractivity contribution is 5.89. The highest BCUT2D eigenvalue weighted by atomic mass is 16.1. The number of carbonyl (C=O) groups is 2. The molecule has 0 spiro atoms. The SMILES string of the molecule is CC(C)(C)CCC(=O)CC=O. The maximum Gasteiger partial charge on any atom is 0.139 e. The van der Waals surface area contributed by atoms with E-state index in [4.69, 9.17) is 0 Å². The van der Waals surface area contributed by atoms with Crippen molar-refractivity contribution in [3.63, 3.8) is 0 Å². The molecule has 11 heavy (non-hydrogen) atoms. The molecule has 0 fully saturated rings. The summed E-state index contributed by atoms with van der Waals surface area (Å²) < 4.78 is 0. The lowest BCUT2D eigenvalue weighted by molar-refractivity contribution is -0.122. The summed E-state index contributed by atoms with van der Waals surface area (Å²) in [6, 6.07) is 0. The van der Waals surface area contributed by atoms with Gasteiger partial charge in [0.15, 0.2) is 0 Å². The van der Waals surface area contributed by atoms with Crippen LogP contribution in [0.15, 0.2) is 0 Å². The van der Waals surface area contributed by atoms with Crippen LogP contribution in [0.4, 0.5) is 0 Å². The van der Waals surface area contributed by atoms with E-state index in [1.165, 1.54) is 0 Å². The molecule has 0 bridgehead atoms. The van der Waals surface area contributed by atoms with Gasteiger partial charge >= 0.3 is 0 Å². The first kappa shape index (κ1) is 10.3. The van der Waals surface area contributed by atoms with E-state index >= 15 is 0 Å². The molecule has 0 heterocycles. The summed E-state index contributed by atoms with van der Waals surface area (Å²) in [5.41, 5.74) is 0.193. The Morgan fingerprint density at radius 2 is 1.91 bits per heavy atom. The number of hydrogen-bond acceptors (Lipinski definition) is 2. The average molecular weight is 156 g/mol. The van der Waals surface area contributed by atoms with Crippen molar-refractivity contribution < 1.29 is 9.59 Å². The summed E-state index contributed by atoms with van der Waals surface area (Å²) >= 11 is 0. The summed E-state index contributed by atoms with van der Waals surface area (Å²) in [5.74, 6) is 0.0509. The van der Waals surface area contributed by atoms with Gasteiger partial charge in [0, 0.05) is 6.42 Å². The van der Waals surface area contributed by atoms with Crippen LogP contribution in [-0.4, -0.2) is 12.1 Å². The molecule has 0 aliphatic carbocycles. The predicted octanol–water partition coefficient (Wildman–Crippen LogP) is 1.97. The first-order valence-electron chi connectivity index (χ1n) is 3.91. The standard InChI is InChI=1S/C9H16O2/c1-9(2,3)6-4-8(11)5-7-10/h7H,4-6H2,1-3H3. The summed E-state index contributed by atoms with van der Waals surface area (Å²) in [6.45, 7) is 6.25. The molecule has 0 N–H and O–H groups in total.